The third-order valence-corrected chi connectivity index (χ3v) is 4.46. The number of nitrogens with two attached hydrogens (primary N) is 1. The van der Waals surface area contributed by atoms with Gasteiger partial charge in [-0.3, -0.25) is 0 Å². The molecule has 1 saturated carbocycles. The van der Waals surface area contributed by atoms with Crippen LogP contribution in [0.5, 0.6) is 5.75 Å². The summed E-state index contributed by atoms with van der Waals surface area (Å²) in [5.74, 6) is 1.55. The van der Waals surface area contributed by atoms with Crippen LogP contribution >= 0.6 is 0 Å². The van der Waals surface area contributed by atoms with Gasteiger partial charge < -0.3 is 10.5 Å². The molecule has 0 aliphatic heterocycles. The van der Waals surface area contributed by atoms with Crippen LogP contribution in [0, 0.1) is 12.8 Å². The van der Waals surface area contributed by atoms with Crippen molar-refractivity contribution in [3.63, 3.8) is 0 Å². The molecule has 0 bridgehead atoms. The Morgan fingerprint density at radius 3 is 2.50 bits per heavy atom. The van der Waals surface area contributed by atoms with Crippen molar-refractivity contribution in [2.45, 2.75) is 64.9 Å². The number of hydrogen-bond donors (Lipinski definition) is 1. The van der Waals surface area contributed by atoms with E-state index < -0.39 is 0 Å². The van der Waals surface area contributed by atoms with Crippen molar-refractivity contribution >= 4 is 0 Å². The van der Waals surface area contributed by atoms with Crippen LogP contribution in [0.2, 0.25) is 0 Å². The second kappa shape index (κ2) is 6.17. The number of hydrogen-bond acceptors (Lipinski definition) is 2. The van der Waals surface area contributed by atoms with Gasteiger partial charge in [0, 0.05) is 5.92 Å². The van der Waals surface area contributed by atoms with Crippen LogP contribution in [0.3, 0.4) is 0 Å². The minimum Gasteiger partial charge on any atom is -0.490 e. The Morgan fingerprint density at radius 2 is 1.90 bits per heavy atom. The van der Waals surface area contributed by atoms with Crippen LogP contribution in [0.25, 0.3) is 0 Å². The first kappa shape index (κ1) is 15.4. The number of ether oxygens (including phenoxy) is 1. The highest BCUT2D eigenvalue weighted by Crippen LogP contribution is 2.32. The van der Waals surface area contributed by atoms with Crippen LogP contribution in [0.1, 0.15) is 57.6 Å². The average Bonchev–Trinajstić information content (AvgIpc) is 2.40. The molecule has 1 aromatic carbocycles. The molecule has 1 aromatic rings. The maximum Gasteiger partial charge on any atom is 0.122 e. The second-order valence-corrected chi connectivity index (χ2v) is 7.17. The molecule has 0 saturated heterocycles. The second-order valence-electron chi connectivity index (χ2n) is 7.17. The zero-order valence-electron chi connectivity index (χ0n) is 13.4. The maximum absolute atomic E-state index is 6.28. The summed E-state index contributed by atoms with van der Waals surface area (Å²) in [6, 6.07) is 6.59. The predicted octanol–water partition coefficient (Wildman–Crippen LogP) is 4.19. The molecule has 112 valence electrons. The van der Waals surface area contributed by atoms with Gasteiger partial charge >= 0.3 is 0 Å². The Bertz CT molecular complexity index is 447. The van der Waals surface area contributed by atoms with Crippen molar-refractivity contribution in [1.29, 1.82) is 0 Å². The molecule has 2 heteroatoms. The molecule has 0 radical (unpaired) electrons. The molecule has 2 N–H and O–H groups in total. The van der Waals surface area contributed by atoms with Gasteiger partial charge in [0.25, 0.3) is 0 Å². The first-order chi connectivity index (χ1) is 9.41. The molecule has 0 spiro atoms. The van der Waals surface area contributed by atoms with E-state index in [1.807, 2.05) is 0 Å². The largest absolute Gasteiger partial charge is 0.490 e. The Kier molecular flexibility index (Phi) is 4.74. The molecule has 2 nitrogen and oxygen atoms in total. The van der Waals surface area contributed by atoms with E-state index in [-0.39, 0.29) is 5.41 Å². The number of aryl methyl sites for hydroxylation is 1. The Morgan fingerprint density at radius 1 is 1.20 bits per heavy atom. The molecule has 2 rings (SSSR count). The summed E-state index contributed by atoms with van der Waals surface area (Å²) in [5.41, 5.74) is 8.67. The van der Waals surface area contributed by atoms with Crippen molar-refractivity contribution in [1.82, 2.24) is 0 Å². The van der Waals surface area contributed by atoms with E-state index in [0.717, 1.165) is 18.7 Å². The van der Waals surface area contributed by atoms with E-state index >= 15 is 0 Å². The molecular weight excluding hydrogens is 246 g/mol. The summed E-state index contributed by atoms with van der Waals surface area (Å²) in [4.78, 5) is 0. The van der Waals surface area contributed by atoms with Gasteiger partial charge in [0.15, 0.2) is 0 Å². The standard InChI is InChI=1S/C18H29NO/c1-13-11-15(18(2,3)4)9-10-16(13)20-17-8-6-5-7-14(17)12-19/h9-11,14,17H,5-8,12,19H2,1-4H3. The molecule has 0 heterocycles. The van der Waals surface area contributed by atoms with Crippen molar-refractivity contribution in [3.8, 4) is 5.75 Å². The van der Waals surface area contributed by atoms with Gasteiger partial charge in [-0.25, -0.2) is 0 Å². The van der Waals surface area contributed by atoms with E-state index in [1.54, 1.807) is 0 Å². The molecule has 2 atom stereocenters. The summed E-state index contributed by atoms with van der Waals surface area (Å²) in [6.45, 7) is 9.62. The van der Waals surface area contributed by atoms with Gasteiger partial charge in [0.2, 0.25) is 0 Å². The van der Waals surface area contributed by atoms with E-state index in [1.165, 1.54) is 30.4 Å². The Balaban J connectivity index is 2.13. The lowest BCUT2D eigenvalue weighted by atomic mass is 9.85. The molecule has 20 heavy (non-hydrogen) atoms. The predicted molar refractivity (Wildman–Crippen MR) is 85.3 cm³/mol. The highest BCUT2D eigenvalue weighted by molar-refractivity contribution is 5.38. The van der Waals surface area contributed by atoms with Crippen LogP contribution in [-0.2, 0) is 5.41 Å². The molecule has 1 aliphatic rings. The van der Waals surface area contributed by atoms with Gasteiger partial charge in [-0.2, -0.15) is 0 Å². The SMILES string of the molecule is Cc1cc(C(C)(C)C)ccc1OC1CCCCC1CN. The van der Waals surface area contributed by atoms with Gasteiger partial charge in [0.05, 0.1) is 0 Å². The lowest BCUT2D eigenvalue weighted by molar-refractivity contribution is 0.0962. The minimum atomic E-state index is 0.188. The third kappa shape index (κ3) is 3.54. The normalized spacial score (nSPS) is 23.6. The van der Waals surface area contributed by atoms with Gasteiger partial charge in [-0.15, -0.1) is 0 Å². The molecule has 1 fully saturated rings. The maximum atomic E-state index is 6.28. The highest BCUT2D eigenvalue weighted by atomic mass is 16.5. The Labute approximate surface area is 123 Å². The van der Waals surface area contributed by atoms with Crippen molar-refractivity contribution in [2.75, 3.05) is 6.54 Å². The fourth-order valence-electron chi connectivity index (χ4n) is 3.01. The summed E-state index contributed by atoms with van der Waals surface area (Å²) < 4.78 is 6.28. The van der Waals surface area contributed by atoms with Gasteiger partial charge in [-0.05, 0) is 55.3 Å². The summed E-state index contributed by atoms with van der Waals surface area (Å²) >= 11 is 0. The Hall–Kier alpha value is -1.02. The van der Waals surface area contributed by atoms with Gasteiger partial charge in [0.1, 0.15) is 11.9 Å². The van der Waals surface area contributed by atoms with Gasteiger partial charge in [-0.1, -0.05) is 39.3 Å². The molecule has 2 unspecified atom stereocenters. The molecule has 0 aromatic heterocycles. The van der Waals surface area contributed by atoms with E-state index in [9.17, 15) is 0 Å². The fourth-order valence-corrected chi connectivity index (χ4v) is 3.01. The van der Waals surface area contributed by atoms with Crippen molar-refractivity contribution < 1.29 is 4.74 Å². The number of benzene rings is 1. The van der Waals surface area contributed by atoms with Crippen LogP contribution in [-0.4, -0.2) is 12.6 Å². The van der Waals surface area contributed by atoms with Crippen LogP contribution < -0.4 is 10.5 Å². The fraction of sp³-hybridized carbons (Fsp3) is 0.667. The zero-order chi connectivity index (χ0) is 14.8. The van der Waals surface area contributed by atoms with Crippen molar-refractivity contribution in [3.05, 3.63) is 29.3 Å². The average molecular weight is 275 g/mol. The molecule has 0 amide bonds. The first-order valence-corrected chi connectivity index (χ1v) is 7.89. The van der Waals surface area contributed by atoms with Crippen LogP contribution in [0.15, 0.2) is 18.2 Å². The minimum absolute atomic E-state index is 0.188. The highest BCUT2D eigenvalue weighted by Gasteiger charge is 2.26. The van der Waals surface area contributed by atoms with E-state index in [4.69, 9.17) is 10.5 Å². The smallest absolute Gasteiger partial charge is 0.122 e. The topological polar surface area (TPSA) is 35.2 Å². The quantitative estimate of drug-likeness (QED) is 0.897. The third-order valence-electron chi connectivity index (χ3n) is 4.46. The number of rotatable bonds is 3. The zero-order valence-corrected chi connectivity index (χ0v) is 13.4. The first-order valence-electron chi connectivity index (χ1n) is 7.89. The van der Waals surface area contributed by atoms with Crippen molar-refractivity contribution in [2.24, 2.45) is 11.7 Å². The van der Waals surface area contributed by atoms with E-state index in [0.29, 0.717) is 12.0 Å². The monoisotopic (exact) mass is 275 g/mol. The lowest BCUT2D eigenvalue weighted by Gasteiger charge is -2.32. The molecule has 1 aliphatic carbocycles. The van der Waals surface area contributed by atoms with Crippen LogP contribution in [0.4, 0.5) is 0 Å². The molecular formula is C18H29NO. The summed E-state index contributed by atoms with van der Waals surface area (Å²) in [7, 11) is 0. The van der Waals surface area contributed by atoms with E-state index in [2.05, 4.69) is 45.9 Å². The lowest BCUT2D eigenvalue weighted by Crippen LogP contribution is -2.35. The summed E-state index contributed by atoms with van der Waals surface area (Å²) in [5, 5.41) is 0. The summed E-state index contributed by atoms with van der Waals surface area (Å²) in [6.07, 6.45) is 5.21.